The molecule has 0 aromatic heterocycles. The molecule has 2 aliphatic heterocycles. The summed E-state index contributed by atoms with van der Waals surface area (Å²) in [5, 5.41) is 18.3. The van der Waals surface area contributed by atoms with E-state index in [0.717, 1.165) is 26.2 Å². The van der Waals surface area contributed by atoms with Crippen LogP contribution in [-0.2, 0) is 9.53 Å². The van der Waals surface area contributed by atoms with Gasteiger partial charge in [0.1, 0.15) is 11.6 Å². The van der Waals surface area contributed by atoms with Crippen LogP contribution in [-0.4, -0.2) is 79.5 Å². The van der Waals surface area contributed by atoms with Crippen molar-refractivity contribution in [3.63, 3.8) is 0 Å². The van der Waals surface area contributed by atoms with Crippen LogP contribution in [0.5, 0.6) is 0 Å². The number of hydrogen-bond donors (Lipinski definition) is 4. The summed E-state index contributed by atoms with van der Waals surface area (Å²) in [6, 6.07) is -0.844. The van der Waals surface area contributed by atoms with Crippen molar-refractivity contribution in [1.82, 2.24) is 20.9 Å². The third-order valence-electron chi connectivity index (χ3n) is 3.11. The Morgan fingerprint density at radius 2 is 1.59 bits per heavy atom. The zero-order valence-electron chi connectivity index (χ0n) is 13.6. The van der Waals surface area contributed by atoms with Gasteiger partial charge in [0, 0.05) is 45.8 Å². The van der Waals surface area contributed by atoms with Gasteiger partial charge in [-0.1, -0.05) is 0 Å². The number of ether oxygens (including phenoxy) is 1. The van der Waals surface area contributed by atoms with Crippen molar-refractivity contribution in [3.05, 3.63) is 0 Å². The molecule has 4 N–H and O–H groups in total. The van der Waals surface area contributed by atoms with Gasteiger partial charge in [0.05, 0.1) is 0 Å². The molecule has 2 fully saturated rings. The minimum absolute atomic E-state index is 0.259. The summed E-state index contributed by atoms with van der Waals surface area (Å²) in [5.74, 6) is -1.02. The molecule has 2 saturated heterocycles. The molecule has 22 heavy (non-hydrogen) atoms. The number of carboxylic acid groups (broad SMARTS) is 1. The van der Waals surface area contributed by atoms with Crippen molar-refractivity contribution >= 4 is 12.1 Å². The average molecular weight is 316 g/mol. The summed E-state index contributed by atoms with van der Waals surface area (Å²) in [5.41, 5.74) is -0.606. The van der Waals surface area contributed by atoms with Gasteiger partial charge in [0.15, 0.2) is 0 Å². The summed E-state index contributed by atoms with van der Waals surface area (Å²) in [7, 11) is 0. The van der Waals surface area contributed by atoms with E-state index in [9.17, 15) is 9.59 Å². The Morgan fingerprint density at radius 1 is 1.05 bits per heavy atom. The molecule has 0 unspecified atom stereocenters. The van der Waals surface area contributed by atoms with E-state index in [-0.39, 0.29) is 6.54 Å². The van der Waals surface area contributed by atoms with Crippen molar-refractivity contribution in [2.24, 2.45) is 0 Å². The molecule has 8 nitrogen and oxygen atoms in total. The third kappa shape index (κ3) is 7.06. The van der Waals surface area contributed by atoms with Gasteiger partial charge in [-0.15, -0.1) is 0 Å². The number of piperazine rings is 2. The smallest absolute Gasteiger partial charge is 0.411 e. The molecule has 0 aliphatic carbocycles. The molecule has 2 rings (SSSR count). The fourth-order valence-corrected chi connectivity index (χ4v) is 2.07. The maximum absolute atomic E-state index is 11.7. The monoisotopic (exact) mass is 316 g/mol. The molecule has 8 heteroatoms. The number of nitrogens with zero attached hydrogens (tertiary/aromatic N) is 1. The lowest BCUT2D eigenvalue weighted by molar-refractivity contribution is -0.143. The number of carbonyl (C=O) groups excluding carboxylic acids is 1. The number of amides is 1. The van der Waals surface area contributed by atoms with E-state index >= 15 is 0 Å². The molecule has 2 aliphatic rings. The predicted molar refractivity (Wildman–Crippen MR) is 83.0 cm³/mol. The summed E-state index contributed by atoms with van der Waals surface area (Å²) in [6.07, 6.45) is -0.568. The van der Waals surface area contributed by atoms with Gasteiger partial charge < -0.3 is 25.8 Å². The highest BCUT2D eigenvalue weighted by atomic mass is 16.6. The molecular weight excluding hydrogens is 288 g/mol. The average Bonchev–Trinajstić information content (AvgIpc) is 2.48. The molecule has 0 bridgehead atoms. The van der Waals surface area contributed by atoms with Gasteiger partial charge in [0.2, 0.25) is 0 Å². The largest absolute Gasteiger partial charge is 0.480 e. The summed E-state index contributed by atoms with van der Waals surface area (Å²) >= 11 is 0. The highest BCUT2D eigenvalue weighted by Crippen LogP contribution is 2.13. The van der Waals surface area contributed by atoms with Gasteiger partial charge in [0.25, 0.3) is 0 Å². The number of aliphatic carboxylic acids is 1. The van der Waals surface area contributed by atoms with Crippen molar-refractivity contribution in [1.29, 1.82) is 0 Å². The molecule has 1 atom stereocenters. The van der Waals surface area contributed by atoms with Crippen LogP contribution in [0.1, 0.15) is 20.8 Å². The van der Waals surface area contributed by atoms with Crippen molar-refractivity contribution in [2.45, 2.75) is 32.4 Å². The molecule has 0 aromatic rings. The van der Waals surface area contributed by atoms with Gasteiger partial charge in [-0.05, 0) is 20.8 Å². The maximum Gasteiger partial charge on any atom is 0.411 e. The Hall–Kier alpha value is -1.38. The number of hydrogen-bond acceptors (Lipinski definition) is 6. The quantitative estimate of drug-likeness (QED) is 0.515. The Kier molecular flexibility index (Phi) is 7.57. The minimum atomic E-state index is -1.02. The van der Waals surface area contributed by atoms with Gasteiger partial charge >= 0.3 is 12.1 Å². The second-order valence-corrected chi connectivity index (χ2v) is 6.23. The Balaban J connectivity index is 0.000000335. The van der Waals surface area contributed by atoms with Crippen LogP contribution >= 0.6 is 0 Å². The lowest BCUT2D eigenvalue weighted by atomic mass is 10.2. The summed E-state index contributed by atoms with van der Waals surface area (Å²) in [4.78, 5) is 23.9. The normalized spacial score (nSPS) is 22.3. The summed E-state index contributed by atoms with van der Waals surface area (Å²) in [6.45, 7) is 11.0. The van der Waals surface area contributed by atoms with E-state index in [1.54, 1.807) is 20.8 Å². The third-order valence-corrected chi connectivity index (χ3v) is 3.11. The zero-order chi connectivity index (χ0) is 16.6. The van der Waals surface area contributed by atoms with Gasteiger partial charge in [-0.2, -0.15) is 0 Å². The Labute approximate surface area is 131 Å². The first-order valence-electron chi connectivity index (χ1n) is 7.66. The Bertz CT molecular complexity index is 355. The van der Waals surface area contributed by atoms with Crippen LogP contribution < -0.4 is 16.0 Å². The van der Waals surface area contributed by atoms with E-state index < -0.39 is 23.7 Å². The first-order chi connectivity index (χ1) is 10.3. The lowest BCUT2D eigenvalue weighted by Gasteiger charge is -2.34. The van der Waals surface area contributed by atoms with Gasteiger partial charge in [-0.25, -0.2) is 9.59 Å². The Morgan fingerprint density at radius 3 is 2.00 bits per heavy atom. The van der Waals surface area contributed by atoms with Crippen LogP contribution in [0.4, 0.5) is 4.79 Å². The molecule has 0 spiro atoms. The molecule has 2 heterocycles. The summed E-state index contributed by atoms with van der Waals surface area (Å²) < 4.78 is 5.15. The molecule has 0 aromatic carbocycles. The lowest BCUT2D eigenvalue weighted by Crippen LogP contribution is -2.57. The van der Waals surface area contributed by atoms with Crippen LogP contribution in [0.25, 0.3) is 0 Å². The van der Waals surface area contributed by atoms with E-state index in [0.29, 0.717) is 13.1 Å². The molecule has 0 saturated carbocycles. The van der Waals surface area contributed by atoms with Crippen molar-refractivity contribution in [3.8, 4) is 0 Å². The number of nitrogens with one attached hydrogen (secondary N) is 3. The topological polar surface area (TPSA) is 103 Å². The molecular formula is C14H28N4O4. The van der Waals surface area contributed by atoms with Crippen molar-refractivity contribution < 1.29 is 19.4 Å². The molecule has 0 radical (unpaired) electrons. The molecule has 1 amide bonds. The minimum Gasteiger partial charge on any atom is -0.480 e. The van der Waals surface area contributed by atoms with E-state index in [4.69, 9.17) is 9.84 Å². The SMILES string of the molecule is C1CNCCN1.CC(C)(C)OC(=O)N1CCNC[C@@H]1C(=O)O. The second-order valence-electron chi connectivity index (χ2n) is 6.23. The fourth-order valence-electron chi connectivity index (χ4n) is 2.07. The second kappa shape index (κ2) is 8.92. The van der Waals surface area contributed by atoms with Gasteiger partial charge in [-0.3, -0.25) is 4.90 Å². The van der Waals surface area contributed by atoms with Crippen molar-refractivity contribution in [2.75, 3.05) is 45.8 Å². The number of rotatable bonds is 1. The van der Waals surface area contributed by atoms with E-state index in [1.165, 1.54) is 4.90 Å². The number of carbonyl (C=O) groups is 2. The van der Waals surface area contributed by atoms with E-state index in [2.05, 4.69) is 16.0 Å². The highest BCUT2D eigenvalue weighted by molar-refractivity contribution is 5.80. The van der Waals surface area contributed by atoms with Crippen LogP contribution in [0, 0.1) is 0 Å². The predicted octanol–water partition coefficient (Wildman–Crippen LogP) is -0.541. The standard InChI is InChI=1S/C10H18N2O4.C4H10N2/c1-10(2,3)16-9(15)12-5-4-11-6-7(12)8(13)14;1-2-6-4-3-5-1/h7,11H,4-6H2,1-3H3,(H,13,14);5-6H,1-4H2/t7-;/m1./s1. The number of carboxylic acids is 1. The zero-order valence-corrected chi connectivity index (χ0v) is 13.6. The van der Waals surface area contributed by atoms with E-state index in [1.807, 2.05) is 0 Å². The highest BCUT2D eigenvalue weighted by Gasteiger charge is 2.34. The maximum atomic E-state index is 11.7. The first kappa shape index (κ1) is 18.7. The fraction of sp³-hybridized carbons (Fsp3) is 0.857. The van der Waals surface area contributed by atoms with Crippen LogP contribution in [0.3, 0.4) is 0 Å². The van der Waals surface area contributed by atoms with Crippen LogP contribution in [0.15, 0.2) is 0 Å². The first-order valence-corrected chi connectivity index (χ1v) is 7.66. The molecule has 128 valence electrons. The van der Waals surface area contributed by atoms with Crippen LogP contribution in [0.2, 0.25) is 0 Å².